The van der Waals surface area contributed by atoms with E-state index in [9.17, 15) is 4.79 Å². The number of rotatable bonds is 3. The molecule has 98 valence electrons. The normalized spacial score (nSPS) is 19.7. The number of hydrogen-bond acceptors (Lipinski definition) is 4. The first-order chi connectivity index (χ1) is 8.70. The number of ether oxygens (including phenoxy) is 1. The van der Waals surface area contributed by atoms with Gasteiger partial charge in [0, 0.05) is 31.4 Å². The zero-order valence-electron chi connectivity index (χ0n) is 11.0. The Morgan fingerprint density at radius 2 is 2.17 bits per heavy atom. The fraction of sp³-hybridized carbons (Fsp3) is 0.500. The number of benzene rings is 1. The molecule has 1 atom stereocenters. The van der Waals surface area contributed by atoms with Crippen molar-refractivity contribution in [3.8, 4) is 0 Å². The quantitative estimate of drug-likeness (QED) is 0.826. The Labute approximate surface area is 108 Å². The fourth-order valence-corrected chi connectivity index (χ4v) is 2.19. The van der Waals surface area contributed by atoms with Crippen LogP contribution in [0.25, 0.3) is 0 Å². The van der Waals surface area contributed by atoms with Gasteiger partial charge >= 0.3 is 5.97 Å². The molecule has 0 radical (unpaired) electrons. The fourth-order valence-electron chi connectivity index (χ4n) is 2.19. The van der Waals surface area contributed by atoms with Crippen LogP contribution in [0.3, 0.4) is 0 Å². The molecule has 4 heteroatoms. The summed E-state index contributed by atoms with van der Waals surface area (Å²) in [4.78, 5) is 13.9. The summed E-state index contributed by atoms with van der Waals surface area (Å²) in [7, 11) is 0. The average Bonchev–Trinajstić information content (AvgIpc) is 2.39. The molecule has 0 aromatic heterocycles. The van der Waals surface area contributed by atoms with Gasteiger partial charge in [-0.3, -0.25) is 0 Å². The van der Waals surface area contributed by atoms with Gasteiger partial charge in [0.25, 0.3) is 0 Å². The highest BCUT2D eigenvalue weighted by atomic mass is 16.5. The van der Waals surface area contributed by atoms with Gasteiger partial charge in [0.05, 0.1) is 12.2 Å². The van der Waals surface area contributed by atoms with E-state index in [0.717, 1.165) is 25.3 Å². The predicted octanol–water partition coefficient (Wildman–Crippen LogP) is 1.66. The van der Waals surface area contributed by atoms with Crippen molar-refractivity contribution in [2.75, 3.05) is 31.1 Å². The van der Waals surface area contributed by atoms with Crippen LogP contribution < -0.4 is 10.2 Å². The third kappa shape index (κ3) is 3.01. The number of nitrogens with zero attached hydrogens (tertiary/aromatic N) is 1. The van der Waals surface area contributed by atoms with Gasteiger partial charge in [-0.1, -0.05) is 0 Å². The Kier molecular flexibility index (Phi) is 4.20. The van der Waals surface area contributed by atoms with Gasteiger partial charge in [-0.05, 0) is 38.1 Å². The molecule has 1 saturated heterocycles. The summed E-state index contributed by atoms with van der Waals surface area (Å²) >= 11 is 0. The second-order valence-electron chi connectivity index (χ2n) is 4.57. The molecule has 1 heterocycles. The van der Waals surface area contributed by atoms with Crippen LogP contribution in [0.15, 0.2) is 24.3 Å². The number of piperazine rings is 1. The van der Waals surface area contributed by atoms with Crippen molar-refractivity contribution in [1.82, 2.24) is 5.32 Å². The van der Waals surface area contributed by atoms with Crippen LogP contribution in [-0.4, -0.2) is 38.3 Å². The molecule has 0 bridgehead atoms. The molecule has 1 aliphatic heterocycles. The van der Waals surface area contributed by atoms with Crippen LogP contribution in [0.4, 0.5) is 5.69 Å². The number of carbonyl (C=O) groups excluding carboxylic acids is 1. The summed E-state index contributed by atoms with van der Waals surface area (Å²) in [6, 6.07) is 8.15. The average molecular weight is 248 g/mol. The van der Waals surface area contributed by atoms with Crippen molar-refractivity contribution in [1.29, 1.82) is 0 Å². The molecule has 4 nitrogen and oxygen atoms in total. The van der Waals surface area contributed by atoms with E-state index in [1.165, 1.54) is 0 Å². The molecular formula is C14H20N2O2. The molecule has 0 unspecified atom stereocenters. The minimum absolute atomic E-state index is 0.252. The van der Waals surface area contributed by atoms with Gasteiger partial charge in [-0.25, -0.2) is 4.79 Å². The van der Waals surface area contributed by atoms with Gasteiger partial charge in [0.15, 0.2) is 0 Å². The first-order valence-electron chi connectivity index (χ1n) is 6.46. The number of hydrogen-bond donors (Lipinski definition) is 1. The van der Waals surface area contributed by atoms with Crippen molar-refractivity contribution in [3.63, 3.8) is 0 Å². The van der Waals surface area contributed by atoms with Crippen molar-refractivity contribution >= 4 is 11.7 Å². The van der Waals surface area contributed by atoms with E-state index in [1.54, 1.807) is 0 Å². The maximum Gasteiger partial charge on any atom is 0.338 e. The lowest BCUT2D eigenvalue weighted by atomic mass is 10.1. The summed E-state index contributed by atoms with van der Waals surface area (Å²) in [5, 5.41) is 3.41. The Bertz CT molecular complexity index is 403. The number of carbonyl (C=O) groups is 1. The molecule has 0 amide bonds. The van der Waals surface area contributed by atoms with Crippen molar-refractivity contribution in [2.45, 2.75) is 19.9 Å². The molecule has 1 aromatic carbocycles. The molecule has 1 fully saturated rings. The second kappa shape index (κ2) is 5.87. The molecular weight excluding hydrogens is 228 g/mol. The molecule has 18 heavy (non-hydrogen) atoms. The minimum Gasteiger partial charge on any atom is -0.462 e. The first kappa shape index (κ1) is 12.9. The standard InChI is InChI=1S/C14H20N2O2/c1-3-18-14(17)12-4-6-13(7-5-12)16-9-8-15-11(2)10-16/h4-7,11,15H,3,8-10H2,1-2H3/t11-/m1/s1. The zero-order valence-corrected chi connectivity index (χ0v) is 11.0. The lowest BCUT2D eigenvalue weighted by Crippen LogP contribution is -2.49. The van der Waals surface area contributed by atoms with Crippen LogP contribution in [-0.2, 0) is 4.74 Å². The lowest BCUT2D eigenvalue weighted by molar-refractivity contribution is 0.0526. The second-order valence-corrected chi connectivity index (χ2v) is 4.57. The van der Waals surface area contributed by atoms with Crippen molar-refractivity contribution in [2.24, 2.45) is 0 Å². The molecule has 1 aromatic rings. The third-order valence-corrected chi connectivity index (χ3v) is 3.11. The summed E-state index contributed by atoms with van der Waals surface area (Å²) in [5.41, 5.74) is 1.78. The van der Waals surface area contributed by atoms with Gasteiger partial charge in [-0.15, -0.1) is 0 Å². The van der Waals surface area contributed by atoms with E-state index in [1.807, 2.05) is 31.2 Å². The van der Waals surface area contributed by atoms with Crippen LogP contribution >= 0.6 is 0 Å². The van der Waals surface area contributed by atoms with Crippen LogP contribution in [0.2, 0.25) is 0 Å². The van der Waals surface area contributed by atoms with Gasteiger partial charge < -0.3 is 15.0 Å². The van der Waals surface area contributed by atoms with E-state index < -0.39 is 0 Å². The topological polar surface area (TPSA) is 41.6 Å². The molecule has 1 N–H and O–H groups in total. The van der Waals surface area contributed by atoms with Crippen LogP contribution in [0, 0.1) is 0 Å². The van der Waals surface area contributed by atoms with Gasteiger partial charge in [0.1, 0.15) is 0 Å². The van der Waals surface area contributed by atoms with E-state index in [0.29, 0.717) is 18.2 Å². The minimum atomic E-state index is -0.252. The van der Waals surface area contributed by atoms with Crippen molar-refractivity contribution in [3.05, 3.63) is 29.8 Å². The number of esters is 1. The molecule has 1 aliphatic rings. The SMILES string of the molecule is CCOC(=O)c1ccc(N2CCN[C@H](C)C2)cc1. The maximum atomic E-state index is 11.5. The predicted molar refractivity (Wildman–Crippen MR) is 72.1 cm³/mol. The summed E-state index contributed by atoms with van der Waals surface area (Å²) < 4.78 is 4.97. The molecule has 2 rings (SSSR count). The Morgan fingerprint density at radius 1 is 1.44 bits per heavy atom. The summed E-state index contributed by atoms with van der Waals surface area (Å²) in [6.45, 7) is 7.41. The van der Waals surface area contributed by atoms with E-state index in [4.69, 9.17) is 4.74 Å². The maximum absolute atomic E-state index is 11.5. The largest absolute Gasteiger partial charge is 0.462 e. The van der Waals surface area contributed by atoms with Crippen molar-refractivity contribution < 1.29 is 9.53 Å². The first-order valence-corrected chi connectivity index (χ1v) is 6.46. The highest BCUT2D eigenvalue weighted by Gasteiger charge is 2.16. The molecule has 0 spiro atoms. The van der Waals surface area contributed by atoms with E-state index in [2.05, 4.69) is 17.1 Å². The summed E-state index contributed by atoms with van der Waals surface area (Å²) in [6.07, 6.45) is 0. The summed E-state index contributed by atoms with van der Waals surface area (Å²) in [5.74, 6) is -0.252. The van der Waals surface area contributed by atoms with Gasteiger partial charge in [0.2, 0.25) is 0 Å². The number of anilines is 1. The monoisotopic (exact) mass is 248 g/mol. The highest BCUT2D eigenvalue weighted by Crippen LogP contribution is 2.17. The number of nitrogens with one attached hydrogen (secondary N) is 1. The Hall–Kier alpha value is -1.55. The van der Waals surface area contributed by atoms with Gasteiger partial charge in [-0.2, -0.15) is 0 Å². The van der Waals surface area contributed by atoms with Crippen LogP contribution in [0.5, 0.6) is 0 Å². The Morgan fingerprint density at radius 3 is 2.78 bits per heavy atom. The highest BCUT2D eigenvalue weighted by molar-refractivity contribution is 5.89. The van der Waals surface area contributed by atoms with Crippen LogP contribution in [0.1, 0.15) is 24.2 Å². The lowest BCUT2D eigenvalue weighted by Gasteiger charge is -2.33. The Balaban J connectivity index is 2.05. The molecule has 0 saturated carbocycles. The smallest absolute Gasteiger partial charge is 0.338 e. The van der Waals surface area contributed by atoms with E-state index in [-0.39, 0.29) is 5.97 Å². The molecule has 0 aliphatic carbocycles. The van der Waals surface area contributed by atoms with E-state index >= 15 is 0 Å². The zero-order chi connectivity index (χ0) is 13.0. The third-order valence-electron chi connectivity index (χ3n) is 3.11.